The lowest BCUT2D eigenvalue weighted by molar-refractivity contribution is 0.0595. The van der Waals surface area contributed by atoms with Crippen molar-refractivity contribution in [3.63, 3.8) is 0 Å². The Morgan fingerprint density at radius 1 is 1.56 bits per heavy atom. The van der Waals surface area contributed by atoms with E-state index in [-0.39, 0.29) is 10.7 Å². The van der Waals surface area contributed by atoms with Gasteiger partial charge in [0.15, 0.2) is 10.8 Å². The fourth-order valence-corrected chi connectivity index (χ4v) is 2.11. The Kier molecular flexibility index (Phi) is 3.78. The van der Waals surface area contributed by atoms with Crippen molar-refractivity contribution in [3.05, 3.63) is 40.1 Å². The molecule has 0 aliphatic carbocycles. The minimum Gasteiger partial charge on any atom is -0.464 e. The molecule has 0 atom stereocenters. The molecular weight excluding hydrogens is 279 g/mol. The lowest BCUT2D eigenvalue weighted by Crippen LogP contribution is -2.01. The van der Waals surface area contributed by atoms with Gasteiger partial charge in [0, 0.05) is 11.1 Å². The summed E-state index contributed by atoms with van der Waals surface area (Å²) in [7, 11) is 1.29. The van der Waals surface area contributed by atoms with Crippen molar-refractivity contribution in [2.45, 2.75) is 0 Å². The van der Waals surface area contributed by atoms with Crippen molar-refractivity contribution >= 4 is 39.7 Å². The van der Waals surface area contributed by atoms with Gasteiger partial charge in [0.2, 0.25) is 0 Å². The number of anilines is 2. The molecule has 7 heteroatoms. The Morgan fingerprint density at radius 3 is 3.00 bits per heavy atom. The summed E-state index contributed by atoms with van der Waals surface area (Å²) in [6.45, 7) is 0. The van der Waals surface area contributed by atoms with Crippen LogP contribution in [0, 0.1) is 5.82 Å². The molecule has 2 rings (SSSR count). The molecule has 0 spiro atoms. The fourth-order valence-electron chi connectivity index (χ4n) is 1.23. The molecule has 0 aliphatic heterocycles. The summed E-state index contributed by atoms with van der Waals surface area (Å²) < 4.78 is 17.5. The zero-order valence-electron chi connectivity index (χ0n) is 9.24. The van der Waals surface area contributed by atoms with Crippen LogP contribution >= 0.6 is 22.9 Å². The molecule has 1 heterocycles. The predicted octanol–water partition coefficient (Wildman–Crippen LogP) is 3.47. The van der Waals surface area contributed by atoms with E-state index in [9.17, 15) is 9.18 Å². The van der Waals surface area contributed by atoms with E-state index in [1.54, 1.807) is 5.38 Å². The van der Waals surface area contributed by atoms with Gasteiger partial charge in [-0.1, -0.05) is 11.6 Å². The van der Waals surface area contributed by atoms with E-state index >= 15 is 0 Å². The summed E-state index contributed by atoms with van der Waals surface area (Å²) in [5.74, 6) is -0.993. The molecule has 0 amide bonds. The second kappa shape index (κ2) is 5.32. The van der Waals surface area contributed by atoms with Gasteiger partial charge in [-0.2, -0.15) is 0 Å². The maximum atomic E-state index is 13.0. The predicted molar refractivity (Wildman–Crippen MR) is 68.1 cm³/mol. The number of aromatic nitrogens is 1. The Labute approximate surface area is 111 Å². The summed E-state index contributed by atoms with van der Waals surface area (Å²) in [5.41, 5.74) is 0.811. The van der Waals surface area contributed by atoms with E-state index in [4.69, 9.17) is 11.6 Å². The van der Waals surface area contributed by atoms with Gasteiger partial charge in [-0.05, 0) is 18.2 Å². The Hall–Kier alpha value is -1.66. The van der Waals surface area contributed by atoms with Crippen molar-refractivity contribution in [1.29, 1.82) is 0 Å². The first-order chi connectivity index (χ1) is 8.60. The number of thiazole rings is 1. The monoisotopic (exact) mass is 286 g/mol. The van der Waals surface area contributed by atoms with Crippen LogP contribution in [0.1, 0.15) is 10.5 Å². The highest BCUT2D eigenvalue weighted by molar-refractivity contribution is 7.14. The quantitative estimate of drug-likeness (QED) is 0.878. The molecule has 0 unspecified atom stereocenters. The van der Waals surface area contributed by atoms with E-state index in [1.165, 1.54) is 36.6 Å². The van der Waals surface area contributed by atoms with Gasteiger partial charge in [0.05, 0.1) is 12.1 Å². The summed E-state index contributed by atoms with van der Waals surface area (Å²) in [4.78, 5) is 15.2. The highest BCUT2D eigenvalue weighted by atomic mass is 35.5. The second-order valence-electron chi connectivity index (χ2n) is 3.28. The molecule has 0 radical (unpaired) electrons. The molecule has 0 saturated carbocycles. The van der Waals surface area contributed by atoms with Gasteiger partial charge in [-0.15, -0.1) is 11.3 Å². The van der Waals surface area contributed by atoms with Crippen LogP contribution in [-0.2, 0) is 4.74 Å². The van der Waals surface area contributed by atoms with Gasteiger partial charge in [0.1, 0.15) is 5.82 Å². The number of nitrogens with one attached hydrogen (secondary N) is 1. The van der Waals surface area contributed by atoms with E-state index in [1.807, 2.05) is 0 Å². The van der Waals surface area contributed by atoms with Crippen molar-refractivity contribution in [1.82, 2.24) is 4.98 Å². The van der Waals surface area contributed by atoms with Crippen molar-refractivity contribution in [3.8, 4) is 0 Å². The van der Waals surface area contributed by atoms with Crippen molar-refractivity contribution < 1.29 is 13.9 Å². The van der Waals surface area contributed by atoms with Gasteiger partial charge in [-0.25, -0.2) is 14.2 Å². The number of esters is 1. The number of rotatable bonds is 3. The smallest absolute Gasteiger partial charge is 0.357 e. The minimum atomic E-state index is -0.503. The van der Waals surface area contributed by atoms with Crippen LogP contribution in [0.25, 0.3) is 0 Å². The van der Waals surface area contributed by atoms with Crippen LogP contribution in [0.5, 0.6) is 0 Å². The third-order valence-corrected chi connectivity index (χ3v) is 3.12. The van der Waals surface area contributed by atoms with Gasteiger partial charge in [-0.3, -0.25) is 0 Å². The summed E-state index contributed by atoms with van der Waals surface area (Å²) >= 11 is 6.89. The normalized spacial score (nSPS) is 10.2. The number of carbonyl (C=O) groups excluding carboxylic acids is 1. The first-order valence-electron chi connectivity index (χ1n) is 4.86. The zero-order valence-corrected chi connectivity index (χ0v) is 10.8. The van der Waals surface area contributed by atoms with E-state index < -0.39 is 11.8 Å². The van der Waals surface area contributed by atoms with Crippen LogP contribution in [0.3, 0.4) is 0 Å². The first-order valence-corrected chi connectivity index (χ1v) is 6.12. The van der Waals surface area contributed by atoms with Crippen molar-refractivity contribution in [2.75, 3.05) is 12.4 Å². The highest BCUT2D eigenvalue weighted by Gasteiger charge is 2.11. The average molecular weight is 287 g/mol. The van der Waals surface area contributed by atoms with E-state index in [2.05, 4.69) is 15.0 Å². The number of carbonyl (C=O) groups is 1. The Morgan fingerprint density at radius 2 is 2.33 bits per heavy atom. The molecule has 0 fully saturated rings. The third kappa shape index (κ3) is 2.77. The molecule has 1 aromatic carbocycles. The lowest BCUT2D eigenvalue weighted by Gasteiger charge is -2.03. The van der Waals surface area contributed by atoms with Crippen LogP contribution in [0.4, 0.5) is 15.2 Å². The number of halogens is 2. The fraction of sp³-hybridized carbons (Fsp3) is 0.0909. The van der Waals surface area contributed by atoms with E-state index in [0.29, 0.717) is 10.8 Å². The number of hydrogen-bond acceptors (Lipinski definition) is 5. The first kappa shape index (κ1) is 12.8. The molecule has 0 bridgehead atoms. The second-order valence-corrected chi connectivity index (χ2v) is 4.55. The topological polar surface area (TPSA) is 51.2 Å². The highest BCUT2D eigenvalue weighted by Crippen LogP contribution is 2.24. The van der Waals surface area contributed by atoms with Gasteiger partial charge >= 0.3 is 5.97 Å². The minimum absolute atomic E-state index is 0.0183. The summed E-state index contributed by atoms with van der Waals surface area (Å²) in [6.07, 6.45) is 0. The lowest BCUT2D eigenvalue weighted by atomic mass is 10.3. The molecule has 18 heavy (non-hydrogen) atoms. The molecule has 94 valence electrons. The van der Waals surface area contributed by atoms with Crippen molar-refractivity contribution in [2.24, 2.45) is 0 Å². The Bertz CT molecular complexity index is 588. The molecule has 2 aromatic rings. The molecule has 0 saturated heterocycles. The summed E-state index contributed by atoms with van der Waals surface area (Å²) in [5, 5.41) is 5.01. The van der Waals surface area contributed by atoms with Crippen LogP contribution < -0.4 is 5.32 Å². The number of ether oxygens (including phenoxy) is 1. The van der Waals surface area contributed by atoms with E-state index in [0.717, 1.165) is 0 Å². The largest absolute Gasteiger partial charge is 0.464 e. The van der Waals surface area contributed by atoms with Crippen LogP contribution in [0.2, 0.25) is 5.02 Å². The maximum Gasteiger partial charge on any atom is 0.357 e. The number of methoxy groups -OCH3 is 1. The third-order valence-electron chi connectivity index (χ3n) is 2.07. The summed E-state index contributed by atoms with van der Waals surface area (Å²) in [6, 6.07) is 4.22. The van der Waals surface area contributed by atoms with Gasteiger partial charge in [0.25, 0.3) is 0 Å². The molecule has 1 aromatic heterocycles. The molecule has 4 nitrogen and oxygen atoms in total. The standard InChI is InChI=1S/C11H8ClFN2O2S/c1-17-10(16)9-5-18-11(15-9)14-6-2-3-8(13)7(12)4-6/h2-5H,1H3,(H,14,15). The average Bonchev–Trinajstić information content (AvgIpc) is 2.81. The van der Waals surface area contributed by atoms with Gasteiger partial charge < -0.3 is 10.1 Å². The molecule has 1 N–H and O–H groups in total. The number of hydrogen-bond donors (Lipinski definition) is 1. The Balaban J connectivity index is 2.16. The number of benzene rings is 1. The maximum absolute atomic E-state index is 13.0. The molecular formula is C11H8ClFN2O2S. The zero-order chi connectivity index (χ0) is 13.1. The SMILES string of the molecule is COC(=O)c1csc(Nc2ccc(F)c(Cl)c2)n1. The number of nitrogens with zero attached hydrogens (tertiary/aromatic N) is 1. The van der Waals surface area contributed by atoms with Crippen LogP contribution in [0.15, 0.2) is 23.6 Å². The van der Waals surface area contributed by atoms with Crippen LogP contribution in [-0.4, -0.2) is 18.1 Å². The molecule has 0 aliphatic rings.